The molecule has 11 nitrogen and oxygen atoms in total. The fraction of sp³-hybridized carbons (Fsp3) is 0.286. The van der Waals surface area contributed by atoms with E-state index >= 15 is 4.39 Å². The summed E-state index contributed by atoms with van der Waals surface area (Å²) >= 11 is 0. The number of halogens is 1. The first kappa shape index (κ1) is 28.1. The number of nitrogens with zero attached hydrogens (tertiary/aromatic N) is 2. The topological polar surface area (TPSA) is 148 Å². The Labute approximate surface area is 229 Å². The Morgan fingerprint density at radius 1 is 1.20 bits per heavy atom. The molecule has 0 aliphatic carbocycles. The Morgan fingerprint density at radius 3 is 2.62 bits per heavy atom. The molecule has 4 aromatic rings. The minimum Gasteiger partial charge on any atom is -0.497 e. The fourth-order valence-electron chi connectivity index (χ4n) is 4.34. The summed E-state index contributed by atoms with van der Waals surface area (Å²) in [6.45, 7) is 2.49. The summed E-state index contributed by atoms with van der Waals surface area (Å²) < 4.78 is 27.9. The van der Waals surface area contributed by atoms with Gasteiger partial charge in [-0.05, 0) is 36.2 Å². The van der Waals surface area contributed by atoms with Crippen LogP contribution in [0.25, 0.3) is 22.0 Å². The number of nitrogens with one attached hydrogen (secondary N) is 3. The Hall–Kier alpha value is -4.87. The van der Waals surface area contributed by atoms with E-state index in [0.29, 0.717) is 35.8 Å². The zero-order chi connectivity index (χ0) is 28.6. The lowest BCUT2D eigenvalue weighted by atomic mass is 10.0. The number of amides is 2. The van der Waals surface area contributed by atoms with Crippen LogP contribution in [-0.4, -0.2) is 57.9 Å². The number of hydrogen-bond donors (Lipinski definition) is 4. The number of aromatic amines is 1. The zero-order valence-corrected chi connectivity index (χ0v) is 22.1. The third-order valence-corrected chi connectivity index (χ3v) is 6.23. The number of imidazole rings is 1. The zero-order valence-electron chi connectivity index (χ0n) is 22.1. The van der Waals surface area contributed by atoms with Gasteiger partial charge in [-0.2, -0.15) is 0 Å². The number of carbonyl (C=O) groups excluding carboxylic acids is 1. The molecule has 2 aromatic carbocycles. The van der Waals surface area contributed by atoms with Crippen LogP contribution in [0.4, 0.5) is 9.18 Å². The number of aromatic nitrogens is 3. The highest BCUT2D eigenvalue weighted by molar-refractivity contribution is 5.89. The third-order valence-electron chi connectivity index (χ3n) is 6.23. The maximum absolute atomic E-state index is 15.2. The molecule has 40 heavy (non-hydrogen) atoms. The molecule has 4 rings (SSSR count). The van der Waals surface area contributed by atoms with Crippen LogP contribution in [0.2, 0.25) is 0 Å². The summed E-state index contributed by atoms with van der Waals surface area (Å²) in [6, 6.07) is 8.43. The van der Waals surface area contributed by atoms with E-state index in [0.717, 1.165) is 0 Å². The predicted octanol–water partition coefficient (Wildman–Crippen LogP) is 3.32. The molecule has 210 valence electrons. The quantitative estimate of drug-likeness (QED) is 0.211. The maximum atomic E-state index is 15.2. The second-order valence-electron chi connectivity index (χ2n) is 8.97. The first-order valence-electron chi connectivity index (χ1n) is 12.7. The summed E-state index contributed by atoms with van der Waals surface area (Å²) in [5, 5.41) is 14.0. The summed E-state index contributed by atoms with van der Waals surface area (Å²) in [7, 11) is 1.53. The van der Waals surface area contributed by atoms with Gasteiger partial charge in [0.25, 0.3) is 0 Å². The lowest BCUT2D eigenvalue weighted by molar-refractivity contribution is -0.123. The fourth-order valence-corrected chi connectivity index (χ4v) is 4.34. The van der Waals surface area contributed by atoms with Crippen molar-refractivity contribution < 1.29 is 28.6 Å². The first-order valence-corrected chi connectivity index (χ1v) is 12.7. The average Bonchev–Trinajstić information content (AvgIpc) is 3.46. The van der Waals surface area contributed by atoms with E-state index in [4.69, 9.17) is 9.47 Å². The van der Waals surface area contributed by atoms with Gasteiger partial charge in [-0.1, -0.05) is 19.1 Å². The van der Waals surface area contributed by atoms with Gasteiger partial charge in [0, 0.05) is 37.5 Å². The second-order valence-corrected chi connectivity index (χ2v) is 8.97. The van der Waals surface area contributed by atoms with Crippen LogP contribution >= 0.6 is 0 Å². The standard InChI is InChI=1S/C28H30FN5O6/c1-3-12-40-23-9-8-21(29)24-25(23)34(15-20(26(24)35)17-4-6-19(39-2)7-5-17)11-10-31-27(36)22(33-28(37)38)13-18-14-30-16-32-18/h4-9,14-16,22,33H,3,10-13H2,1-2H3,(H,30,32)(H,31,36)(H,37,38)/t22-/m0/s1. The molecule has 0 unspecified atom stereocenters. The van der Waals surface area contributed by atoms with E-state index in [1.165, 1.54) is 25.6 Å². The van der Waals surface area contributed by atoms with Crippen molar-refractivity contribution in [1.82, 2.24) is 25.2 Å². The largest absolute Gasteiger partial charge is 0.497 e. The van der Waals surface area contributed by atoms with Crippen LogP contribution in [0, 0.1) is 5.82 Å². The van der Waals surface area contributed by atoms with Crippen LogP contribution in [0.5, 0.6) is 11.5 Å². The van der Waals surface area contributed by atoms with Gasteiger partial charge in [0.1, 0.15) is 23.4 Å². The lowest BCUT2D eigenvalue weighted by Crippen LogP contribution is -2.48. The Morgan fingerprint density at radius 2 is 1.98 bits per heavy atom. The summed E-state index contributed by atoms with van der Waals surface area (Å²) in [4.78, 5) is 44.5. The molecule has 2 aromatic heterocycles. The molecular formula is C28H30FN5O6. The molecule has 4 N–H and O–H groups in total. The average molecular weight is 552 g/mol. The number of benzene rings is 2. The molecule has 1 atom stereocenters. The Balaban J connectivity index is 1.68. The van der Waals surface area contributed by atoms with Gasteiger partial charge < -0.3 is 34.8 Å². The van der Waals surface area contributed by atoms with Crippen LogP contribution in [-0.2, 0) is 17.8 Å². The molecule has 0 spiro atoms. The summed E-state index contributed by atoms with van der Waals surface area (Å²) in [5.74, 6) is -0.304. The number of pyridine rings is 1. The molecular weight excluding hydrogens is 521 g/mol. The van der Waals surface area contributed by atoms with Crippen molar-refractivity contribution in [2.45, 2.75) is 32.4 Å². The van der Waals surface area contributed by atoms with E-state index in [9.17, 15) is 19.5 Å². The van der Waals surface area contributed by atoms with Crippen molar-refractivity contribution >= 4 is 22.9 Å². The van der Waals surface area contributed by atoms with E-state index in [-0.39, 0.29) is 36.0 Å². The smallest absolute Gasteiger partial charge is 0.405 e. The van der Waals surface area contributed by atoms with Crippen molar-refractivity contribution in [3.05, 3.63) is 76.9 Å². The maximum Gasteiger partial charge on any atom is 0.405 e. The van der Waals surface area contributed by atoms with Crippen molar-refractivity contribution in [1.29, 1.82) is 0 Å². The Kier molecular flexibility index (Phi) is 9.00. The molecule has 0 bridgehead atoms. The molecule has 0 saturated heterocycles. The lowest BCUT2D eigenvalue weighted by Gasteiger charge is -2.19. The molecule has 0 aliphatic rings. The number of H-pyrrole nitrogens is 1. The van der Waals surface area contributed by atoms with Crippen LogP contribution in [0.15, 0.2) is 59.9 Å². The number of hydrogen-bond acceptors (Lipinski definition) is 6. The van der Waals surface area contributed by atoms with Gasteiger partial charge in [-0.25, -0.2) is 14.2 Å². The molecule has 0 radical (unpaired) electrons. The minimum absolute atomic E-state index is 0.0461. The van der Waals surface area contributed by atoms with Crippen LogP contribution in [0.3, 0.4) is 0 Å². The van der Waals surface area contributed by atoms with Gasteiger partial charge in [0.15, 0.2) is 5.43 Å². The van der Waals surface area contributed by atoms with Crippen molar-refractivity contribution in [3.63, 3.8) is 0 Å². The molecule has 12 heteroatoms. The van der Waals surface area contributed by atoms with Crippen molar-refractivity contribution in [3.8, 4) is 22.6 Å². The number of ether oxygens (including phenoxy) is 2. The Bertz CT molecular complexity index is 1540. The van der Waals surface area contributed by atoms with Crippen molar-refractivity contribution in [2.75, 3.05) is 20.3 Å². The van der Waals surface area contributed by atoms with Gasteiger partial charge in [0.05, 0.1) is 36.6 Å². The normalized spacial score (nSPS) is 11.7. The first-order chi connectivity index (χ1) is 19.3. The number of carbonyl (C=O) groups is 2. The summed E-state index contributed by atoms with van der Waals surface area (Å²) in [6.07, 6.45) is 4.02. The minimum atomic E-state index is -1.35. The molecule has 0 saturated carbocycles. The van der Waals surface area contributed by atoms with Crippen LogP contribution < -0.4 is 25.5 Å². The van der Waals surface area contributed by atoms with E-state index in [1.807, 2.05) is 6.92 Å². The van der Waals surface area contributed by atoms with Gasteiger partial charge in [-0.3, -0.25) is 9.59 Å². The van der Waals surface area contributed by atoms with Crippen molar-refractivity contribution in [2.24, 2.45) is 0 Å². The second kappa shape index (κ2) is 12.8. The molecule has 2 heterocycles. The molecule has 2 amide bonds. The highest BCUT2D eigenvalue weighted by Crippen LogP contribution is 2.29. The number of fused-ring (bicyclic) bond motifs is 1. The predicted molar refractivity (Wildman–Crippen MR) is 146 cm³/mol. The van der Waals surface area contributed by atoms with Gasteiger partial charge >= 0.3 is 6.09 Å². The van der Waals surface area contributed by atoms with Gasteiger partial charge in [0.2, 0.25) is 5.91 Å². The highest BCUT2D eigenvalue weighted by atomic mass is 19.1. The molecule has 0 aliphatic heterocycles. The van der Waals surface area contributed by atoms with Gasteiger partial charge in [-0.15, -0.1) is 0 Å². The highest BCUT2D eigenvalue weighted by Gasteiger charge is 2.22. The van der Waals surface area contributed by atoms with E-state index < -0.39 is 29.3 Å². The summed E-state index contributed by atoms with van der Waals surface area (Å²) in [5.41, 5.74) is 1.11. The molecule has 0 fully saturated rings. The van der Waals surface area contributed by atoms with E-state index in [2.05, 4.69) is 20.6 Å². The van der Waals surface area contributed by atoms with E-state index in [1.54, 1.807) is 41.2 Å². The SMILES string of the molecule is CCCOc1ccc(F)c2c(=O)c(-c3ccc(OC)cc3)cn(CCNC(=O)[C@H](Cc3c[nH]cn3)NC(=O)O)c12. The third kappa shape index (κ3) is 6.40. The number of rotatable bonds is 12. The number of methoxy groups -OCH3 is 1. The van der Waals surface area contributed by atoms with Crippen LogP contribution in [0.1, 0.15) is 19.0 Å². The number of carboxylic acid groups (broad SMARTS) is 1. The monoisotopic (exact) mass is 551 g/mol.